The number of hydrogen-bond donors (Lipinski definition) is 2. The molecule has 152 valence electrons. The van der Waals surface area contributed by atoms with Crippen LogP contribution in [0.1, 0.15) is 31.2 Å². The Balaban J connectivity index is 1.55. The first kappa shape index (κ1) is 19.7. The van der Waals surface area contributed by atoms with E-state index in [1.54, 1.807) is 7.11 Å². The Morgan fingerprint density at radius 2 is 2.00 bits per heavy atom. The van der Waals surface area contributed by atoms with Gasteiger partial charge in [-0.25, -0.2) is 9.78 Å². The van der Waals surface area contributed by atoms with Gasteiger partial charge >= 0.3 is 6.03 Å². The molecule has 29 heavy (non-hydrogen) atoms. The number of benzene rings is 2. The second-order valence-electron chi connectivity index (χ2n) is 7.36. The van der Waals surface area contributed by atoms with E-state index < -0.39 is 0 Å². The van der Waals surface area contributed by atoms with Crippen LogP contribution in [0.25, 0.3) is 10.2 Å². The summed E-state index contributed by atoms with van der Waals surface area (Å²) < 4.78 is 6.37. The summed E-state index contributed by atoms with van der Waals surface area (Å²) in [7, 11) is 1.64. The Bertz CT molecular complexity index is 949. The summed E-state index contributed by atoms with van der Waals surface area (Å²) in [5, 5.41) is 13.5. The van der Waals surface area contributed by atoms with Crippen LogP contribution in [0.5, 0.6) is 5.75 Å². The molecule has 2 N–H and O–H groups in total. The number of fused-ring (bicyclic) bond motifs is 1. The van der Waals surface area contributed by atoms with Gasteiger partial charge in [0.2, 0.25) is 0 Å². The summed E-state index contributed by atoms with van der Waals surface area (Å²) >= 11 is 1.47. The summed E-state index contributed by atoms with van der Waals surface area (Å²) in [6.07, 6.45) is 2.75. The van der Waals surface area contributed by atoms with Gasteiger partial charge in [-0.15, -0.1) is 0 Å². The van der Waals surface area contributed by atoms with E-state index in [-0.39, 0.29) is 18.2 Å². The van der Waals surface area contributed by atoms with Crippen molar-refractivity contribution < 1.29 is 14.6 Å². The number of nitrogens with zero attached hydrogens (tertiary/aromatic N) is 2. The topological polar surface area (TPSA) is 74.7 Å². The minimum atomic E-state index is -0.266. The van der Waals surface area contributed by atoms with E-state index in [0.717, 1.165) is 34.4 Å². The molecule has 0 unspecified atom stereocenters. The molecule has 2 amide bonds. The summed E-state index contributed by atoms with van der Waals surface area (Å²) in [4.78, 5) is 19.6. The van der Waals surface area contributed by atoms with Crippen LogP contribution in [0, 0.1) is 0 Å². The van der Waals surface area contributed by atoms with Crippen LogP contribution in [0.4, 0.5) is 9.93 Å². The van der Waals surface area contributed by atoms with Crippen molar-refractivity contribution in [2.45, 2.75) is 44.4 Å². The van der Waals surface area contributed by atoms with Crippen molar-refractivity contribution in [2.75, 3.05) is 12.4 Å². The summed E-state index contributed by atoms with van der Waals surface area (Å²) in [6.45, 7) is 0.481. The quantitative estimate of drug-likeness (QED) is 0.641. The fourth-order valence-corrected chi connectivity index (χ4v) is 4.65. The highest BCUT2D eigenvalue weighted by molar-refractivity contribution is 7.22. The van der Waals surface area contributed by atoms with E-state index in [0.29, 0.717) is 24.5 Å². The maximum absolute atomic E-state index is 13.2. The van der Waals surface area contributed by atoms with E-state index in [9.17, 15) is 9.90 Å². The molecule has 2 aromatic carbocycles. The molecule has 0 bridgehead atoms. The van der Waals surface area contributed by atoms with Crippen molar-refractivity contribution >= 4 is 32.7 Å². The van der Waals surface area contributed by atoms with E-state index in [4.69, 9.17) is 4.74 Å². The van der Waals surface area contributed by atoms with Crippen LogP contribution in [-0.2, 0) is 6.54 Å². The van der Waals surface area contributed by atoms with Gasteiger partial charge in [-0.3, -0.25) is 5.32 Å². The van der Waals surface area contributed by atoms with Gasteiger partial charge in [0.25, 0.3) is 0 Å². The highest BCUT2D eigenvalue weighted by Crippen LogP contribution is 2.28. The minimum Gasteiger partial charge on any atom is -0.497 e. The molecule has 1 aromatic heterocycles. The van der Waals surface area contributed by atoms with Crippen molar-refractivity contribution in [2.24, 2.45) is 0 Å². The Kier molecular flexibility index (Phi) is 5.97. The number of aliphatic hydroxyl groups excluding tert-OH is 1. The van der Waals surface area contributed by atoms with Gasteiger partial charge in [0, 0.05) is 12.6 Å². The number of urea groups is 1. The molecule has 3 aromatic rings. The molecular weight excluding hydrogens is 386 g/mol. The standard InChI is InChI=1S/C22H25N3O3S/c1-28-18-6-4-5-15(13-18)14-25(16-9-11-17(26)12-10-16)22(27)24-21-23-19-7-2-3-8-20(19)29-21/h2-8,13,16-17,26H,9-12,14H2,1H3,(H,23,24,27). The summed E-state index contributed by atoms with van der Waals surface area (Å²) in [6, 6.07) is 15.6. The third-order valence-electron chi connectivity index (χ3n) is 5.36. The zero-order chi connectivity index (χ0) is 20.2. The molecular formula is C22H25N3O3S. The average molecular weight is 412 g/mol. The first-order valence-electron chi connectivity index (χ1n) is 9.86. The lowest BCUT2D eigenvalue weighted by Crippen LogP contribution is -2.44. The van der Waals surface area contributed by atoms with Crippen molar-refractivity contribution in [1.82, 2.24) is 9.88 Å². The number of nitrogens with one attached hydrogen (secondary N) is 1. The van der Waals surface area contributed by atoms with Crippen LogP contribution < -0.4 is 10.1 Å². The van der Waals surface area contributed by atoms with Crippen LogP contribution in [0.3, 0.4) is 0 Å². The van der Waals surface area contributed by atoms with Crippen molar-refractivity contribution in [3.63, 3.8) is 0 Å². The van der Waals surface area contributed by atoms with Gasteiger partial charge in [-0.05, 0) is 55.5 Å². The third-order valence-corrected chi connectivity index (χ3v) is 6.31. The van der Waals surface area contributed by atoms with Gasteiger partial charge in [-0.2, -0.15) is 0 Å². The number of hydrogen-bond acceptors (Lipinski definition) is 5. The predicted octanol–water partition coefficient (Wildman–Crippen LogP) is 4.64. The molecule has 1 aliphatic rings. The molecule has 4 rings (SSSR count). The molecule has 7 heteroatoms. The van der Waals surface area contributed by atoms with E-state index >= 15 is 0 Å². The lowest BCUT2D eigenvalue weighted by Gasteiger charge is -2.35. The smallest absolute Gasteiger partial charge is 0.324 e. The highest BCUT2D eigenvalue weighted by Gasteiger charge is 2.29. The number of ether oxygens (including phenoxy) is 1. The van der Waals surface area contributed by atoms with Crippen LogP contribution in [0.2, 0.25) is 0 Å². The van der Waals surface area contributed by atoms with Gasteiger partial charge in [0.1, 0.15) is 5.75 Å². The maximum atomic E-state index is 13.2. The zero-order valence-electron chi connectivity index (χ0n) is 16.4. The van der Waals surface area contributed by atoms with Crippen molar-refractivity contribution in [3.05, 3.63) is 54.1 Å². The number of carbonyl (C=O) groups is 1. The number of thiazole rings is 1. The number of para-hydroxylation sites is 1. The van der Waals surface area contributed by atoms with Gasteiger partial charge in [0.05, 0.1) is 23.4 Å². The van der Waals surface area contributed by atoms with E-state index in [1.165, 1.54) is 11.3 Å². The normalized spacial score (nSPS) is 19.1. The Morgan fingerprint density at radius 3 is 2.76 bits per heavy atom. The predicted molar refractivity (Wildman–Crippen MR) is 115 cm³/mol. The molecule has 1 aliphatic carbocycles. The average Bonchev–Trinajstić information content (AvgIpc) is 3.15. The number of anilines is 1. The number of amides is 2. The molecule has 1 heterocycles. The fourth-order valence-electron chi connectivity index (χ4n) is 3.79. The SMILES string of the molecule is COc1cccc(CN(C(=O)Nc2nc3ccccc3s2)C2CCC(O)CC2)c1. The number of rotatable bonds is 5. The van der Waals surface area contributed by atoms with Crippen LogP contribution in [0.15, 0.2) is 48.5 Å². The first-order valence-corrected chi connectivity index (χ1v) is 10.7. The minimum absolute atomic E-state index is 0.0824. The summed E-state index contributed by atoms with van der Waals surface area (Å²) in [5.74, 6) is 0.771. The van der Waals surface area contributed by atoms with Gasteiger partial charge in [-0.1, -0.05) is 35.6 Å². The van der Waals surface area contributed by atoms with Crippen molar-refractivity contribution in [1.29, 1.82) is 0 Å². The fraction of sp³-hybridized carbons (Fsp3) is 0.364. The molecule has 1 saturated carbocycles. The van der Waals surface area contributed by atoms with Gasteiger partial charge < -0.3 is 14.7 Å². The molecule has 0 saturated heterocycles. The maximum Gasteiger partial charge on any atom is 0.324 e. The second-order valence-corrected chi connectivity index (χ2v) is 8.39. The third kappa shape index (κ3) is 4.68. The number of aliphatic hydroxyl groups is 1. The molecule has 0 spiro atoms. The molecule has 0 atom stereocenters. The molecule has 0 aliphatic heterocycles. The molecule has 0 radical (unpaired) electrons. The Hall–Kier alpha value is -2.64. The number of aromatic nitrogens is 1. The second kappa shape index (κ2) is 8.80. The lowest BCUT2D eigenvalue weighted by atomic mass is 9.92. The summed E-state index contributed by atoms with van der Waals surface area (Å²) in [5.41, 5.74) is 1.89. The van der Waals surface area contributed by atoms with Crippen molar-refractivity contribution in [3.8, 4) is 5.75 Å². The van der Waals surface area contributed by atoms with Crippen LogP contribution >= 0.6 is 11.3 Å². The number of carbonyl (C=O) groups excluding carboxylic acids is 1. The first-order chi connectivity index (χ1) is 14.1. The largest absolute Gasteiger partial charge is 0.497 e. The highest BCUT2D eigenvalue weighted by atomic mass is 32.1. The van der Waals surface area contributed by atoms with E-state index in [2.05, 4.69) is 10.3 Å². The Labute approximate surface area is 174 Å². The zero-order valence-corrected chi connectivity index (χ0v) is 17.2. The molecule has 6 nitrogen and oxygen atoms in total. The number of methoxy groups -OCH3 is 1. The Morgan fingerprint density at radius 1 is 1.21 bits per heavy atom. The molecule has 1 fully saturated rings. The van der Waals surface area contributed by atoms with Gasteiger partial charge in [0.15, 0.2) is 5.13 Å². The van der Waals surface area contributed by atoms with Crippen LogP contribution in [-0.4, -0.2) is 40.3 Å². The monoisotopic (exact) mass is 411 g/mol. The lowest BCUT2D eigenvalue weighted by molar-refractivity contribution is 0.0849. The van der Waals surface area contributed by atoms with E-state index in [1.807, 2.05) is 53.4 Å².